The predicted octanol–water partition coefficient (Wildman–Crippen LogP) is 4.94. The van der Waals surface area contributed by atoms with Gasteiger partial charge in [0.15, 0.2) is 5.82 Å². The molecular weight excluding hydrogens is 401 g/mol. The Hall–Kier alpha value is -3.47. The third kappa shape index (κ3) is 4.26. The summed E-state index contributed by atoms with van der Waals surface area (Å²) in [4.78, 5) is 22.0. The lowest BCUT2D eigenvalue weighted by molar-refractivity contribution is -0.383. The highest BCUT2D eigenvalue weighted by Crippen LogP contribution is 2.36. The van der Waals surface area contributed by atoms with Crippen LogP contribution in [0, 0.1) is 10.1 Å². The Bertz CT molecular complexity index is 1020. The quantitative estimate of drug-likeness (QED) is 0.453. The highest BCUT2D eigenvalue weighted by molar-refractivity contribution is 6.33. The second-order valence-electron chi connectivity index (χ2n) is 5.34. The third-order valence-corrected chi connectivity index (χ3v) is 3.73. The Balaban J connectivity index is 1.96. The van der Waals surface area contributed by atoms with E-state index in [0.717, 1.165) is 6.33 Å². The summed E-state index contributed by atoms with van der Waals surface area (Å²) in [5.41, 5.74) is -1.03. The molecule has 1 aromatic carbocycles. The molecule has 3 rings (SSSR count). The number of para-hydroxylation sites is 1. The maximum absolute atomic E-state index is 12.7. The third-order valence-electron chi connectivity index (χ3n) is 3.45. The van der Waals surface area contributed by atoms with Gasteiger partial charge in [0.2, 0.25) is 11.6 Å². The molecule has 0 aliphatic rings. The number of anilines is 4. The van der Waals surface area contributed by atoms with Crippen molar-refractivity contribution >= 4 is 40.4 Å². The van der Waals surface area contributed by atoms with Crippen LogP contribution in [0.5, 0.6) is 0 Å². The maximum atomic E-state index is 12.7. The number of hydrogen-bond donors (Lipinski definition) is 2. The molecule has 2 heterocycles. The van der Waals surface area contributed by atoms with E-state index in [-0.39, 0.29) is 22.5 Å². The zero-order valence-corrected chi connectivity index (χ0v) is 14.5. The molecule has 0 spiro atoms. The van der Waals surface area contributed by atoms with E-state index in [1.807, 2.05) is 0 Å². The zero-order chi connectivity index (χ0) is 20.3. The van der Waals surface area contributed by atoms with Gasteiger partial charge in [0.05, 0.1) is 15.5 Å². The van der Waals surface area contributed by atoms with E-state index in [0.29, 0.717) is 18.0 Å². The molecule has 0 aliphatic carbocycles. The van der Waals surface area contributed by atoms with E-state index < -0.39 is 22.4 Å². The van der Waals surface area contributed by atoms with Gasteiger partial charge in [-0.3, -0.25) is 10.1 Å². The van der Waals surface area contributed by atoms with Crippen LogP contribution in [0.25, 0.3) is 0 Å². The number of pyridine rings is 1. The summed E-state index contributed by atoms with van der Waals surface area (Å²) >= 11 is 5.83. The van der Waals surface area contributed by atoms with Gasteiger partial charge < -0.3 is 10.6 Å². The minimum Gasteiger partial charge on any atom is -0.334 e. The van der Waals surface area contributed by atoms with Crippen molar-refractivity contribution in [3.63, 3.8) is 0 Å². The molecular formula is C16H10ClF3N6O2. The fourth-order valence-corrected chi connectivity index (χ4v) is 2.40. The van der Waals surface area contributed by atoms with Gasteiger partial charge in [0, 0.05) is 11.9 Å². The number of nitrogens with zero attached hydrogens (tertiary/aromatic N) is 4. The van der Waals surface area contributed by atoms with Crippen molar-refractivity contribution in [3.8, 4) is 0 Å². The number of benzene rings is 1. The molecule has 0 saturated carbocycles. The topological polar surface area (TPSA) is 106 Å². The summed E-state index contributed by atoms with van der Waals surface area (Å²) in [6, 6.07) is 9.22. The lowest BCUT2D eigenvalue weighted by atomic mass is 10.2. The molecule has 0 unspecified atom stereocenters. The summed E-state index contributed by atoms with van der Waals surface area (Å²) in [6.07, 6.45) is -3.01. The summed E-state index contributed by atoms with van der Waals surface area (Å²) < 4.78 is 38.2. The number of halogens is 4. The van der Waals surface area contributed by atoms with Crippen LogP contribution in [-0.2, 0) is 6.18 Å². The van der Waals surface area contributed by atoms with E-state index in [4.69, 9.17) is 11.6 Å². The molecule has 0 radical (unpaired) electrons. The first-order valence-corrected chi connectivity index (χ1v) is 7.94. The van der Waals surface area contributed by atoms with Crippen molar-refractivity contribution < 1.29 is 18.1 Å². The molecule has 3 aromatic rings. The van der Waals surface area contributed by atoms with Crippen LogP contribution in [0.3, 0.4) is 0 Å². The number of alkyl halides is 3. The SMILES string of the molecule is O=[N+]([O-])c1c(Nc2ccccc2)ncnc1Nc1ncc(C(F)(F)F)cc1Cl. The average molecular weight is 411 g/mol. The van der Waals surface area contributed by atoms with Gasteiger partial charge in [-0.25, -0.2) is 15.0 Å². The fraction of sp³-hybridized carbons (Fsp3) is 0.0625. The van der Waals surface area contributed by atoms with Gasteiger partial charge in [-0.1, -0.05) is 29.8 Å². The Morgan fingerprint density at radius 2 is 1.64 bits per heavy atom. The van der Waals surface area contributed by atoms with Crippen LogP contribution in [0.4, 0.5) is 42.0 Å². The second kappa shape index (κ2) is 7.64. The molecule has 0 aliphatic heterocycles. The van der Waals surface area contributed by atoms with Crippen molar-refractivity contribution in [1.82, 2.24) is 15.0 Å². The summed E-state index contributed by atoms with van der Waals surface area (Å²) in [5, 5.41) is 16.4. The lowest BCUT2D eigenvalue weighted by Gasteiger charge is -2.12. The van der Waals surface area contributed by atoms with Crippen LogP contribution in [0.1, 0.15) is 5.56 Å². The lowest BCUT2D eigenvalue weighted by Crippen LogP contribution is -2.08. The van der Waals surface area contributed by atoms with Gasteiger partial charge in [0.25, 0.3) is 0 Å². The molecule has 0 saturated heterocycles. The van der Waals surface area contributed by atoms with Crippen molar-refractivity contribution in [2.75, 3.05) is 10.6 Å². The Kier molecular flexibility index (Phi) is 5.27. The van der Waals surface area contributed by atoms with Crippen molar-refractivity contribution in [2.45, 2.75) is 6.18 Å². The molecule has 2 aromatic heterocycles. The Morgan fingerprint density at radius 3 is 2.21 bits per heavy atom. The molecule has 0 fully saturated rings. The van der Waals surface area contributed by atoms with Crippen LogP contribution >= 0.6 is 11.6 Å². The number of rotatable bonds is 5. The van der Waals surface area contributed by atoms with Gasteiger partial charge in [-0.05, 0) is 18.2 Å². The van der Waals surface area contributed by atoms with E-state index in [9.17, 15) is 23.3 Å². The summed E-state index contributed by atoms with van der Waals surface area (Å²) in [7, 11) is 0. The minimum atomic E-state index is -4.62. The molecule has 144 valence electrons. The molecule has 0 bridgehead atoms. The standard InChI is InChI=1S/C16H10ClF3N6O2/c17-11-6-9(16(18,19)20)7-21-13(11)25-15-12(26(27)28)14(22-8-23-15)24-10-4-2-1-3-5-10/h1-8H,(H2,21,22,23,24,25). The van der Waals surface area contributed by atoms with Crippen LogP contribution in [0.2, 0.25) is 5.02 Å². The number of nitrogens with one attached hydrogen (secondary N) is 2. The highest BCUT2D eigenvalue weighted by Gasteiger charge is 2.32. The Labute approximate surface area is 160 Å². The van der Waals surface area contributed by atoms with Crippen molar-refractivity contribution in [1.29, 1.82) is 0 Å². The monoisotopic (exact) mass is 410 g/mol. The first-order valence-electron chi connectivity index (χ1n) is 7.57. The van der Waals surface area contributed by atoms with E-state index in [2.05, 4.69) is 25.6 Å². The maximum Gasteiger partial charge on any atom is 0.417 e. The summed E-state index contributed by atoms with van der Waals surface area (Å²) in [5.74, 6) is -0.619. The Morgan fingerprint density at radius 1 is 1.00 bits per heavy atom. The van der Waals surface area contributed by atoms with E-state index in [1.54, 1.807) is 30.3 Å². The molecule has 0 amide bonds. The van der Waals surface area contributed by atoms with Gasteiger partial charge in [-0.2, -0.15) is 13.2 Å². The van der Waals surface area contributed by atoms with Crippen molar-refractivity contribution in [2.24, 2.45) is 0 Å². The normalized spacial score (nSPS) is 11.1. The zero-order valence-electron chi connectivity index (χ0n) is 13.7. The summed E-state index contributed by atoms with van der Waals surface area (Å²) in [6.45, 7) is 0. The molecule has 28 heavy (non-hydrogen) atoms. The van der Waals surface area contributed by atoms with Crippen LogP contribution < -0.4 is 10.6 Å². The molecule has 0 atom stereocenters. The van der Waals surface area contributed by atoms with E-state index >= 15 is 0 Å². The molecule has 2 N–H and O–H groups in total. The largest absolute Gasteiger partial charge is 0.417 e. The number of aromatic nitrogens is 3. The predicted molar refractivity (Wildman–Crippen MR) is 95.9 cm³/mol. The van der Waals surface area contributed by atoms with Crippen molar-refractivity contribution in [3.05, 3.63) is 69.6 Å². The second-order valence-corrected chi connectivity index (χ2v) is 5.75. The van der Waals surface area contributed by atoms with Crippen LogP contribution in [-0.4, -0.2) is 19.9 Å². The van der Waals surface area contributed by atoms with Gasteiger partial charge >= 0.3 is 11.9 Å². The first kappa shape index (κ1) is 19.3. The number of hydrogen-bond acceptors (Lipinski definition) is 7. The van der Waals surface area contributed by atoms with Gasteiger partial charge in [-0.15, -0.1) is 0 Å². The smallest absolute Gasteiger partial charge is 0.334 e. The minimum absolute atomic E-state index is 0.114. The highest BCUT2D eigenvalue weighted by atomic mass is 35.5. The first-order chi connectivity index (χ1) is 13.3. The number of nitro groups is 1. The fourth-order valence-electron chi connectivity index (χ4n) is 2.19. The molecule has 12 heteroatoms. The van der Waals surface area contributed by atoms with Gasteiger partial charge in [0.1, 0.15) is 6.33 Å². The molecule has 8 nitrogen and oxygen atoms in total. The average Bonchev–Trinajstić information content (AvgIpc) is 2.63. The van der Waals surface area contributed by atoms with E-state index in [1.165, 1.54) is 0 Å². The van der Waals surface area contributed by atoms with Crippen LogP contribution in [0.15, 0.2) is 48.9 Å².